The maximum absolute atomic E-state index is 11.1. The Labute approximate surface area is 205 Å². The van der Waals surface area contributed by atoms with E-state index in [1.54, 1.807) is 0 Å². The summed E-state index contributed by atoms with van der Waals surface area (Å²) in [6.45, 7) is 5.98. The van der Waals surface area contributed by atoms with Crippen LogP contribution in [0.4, 0.5) is 0 Å². The van der Waals surface area contributed by atoms with E-state index in [4.69, 9.17) is 4.74 Å². The van der Waals surface area contributed by atoms with Crippen molar-refractivity contribution in [2.75, 3.05) is 0 Å². The monoisotopic (exact) mass is 463 g/mol. The zero-order valence-corrected chi connectivity index (χ0v) is 19.7. The molecule has 5 nitrogen and oxygen atoms in total. The number of aromatic amines is 1. The number of nitrogens with one attached hydrogen (secondary N) is 3. The summed E-state index contributed by atoms with van der Waals surface area (Å²) < 4.78 is 6.25. The number of allylic oxidation sites excluding steroid dienone is 1. The number of H-pyrrole nitrogens is 1. The summed E-state index contributed by atoms with van der Waals surface area (Å²) in [4.78, 5) is 3.24. The predicted molar refractivity (Wildman–Crippen MR) is 139 cm³/mol. The maximum atomic E-state index is 11.1. The van der Waals surface area contributed by atoms with Crippen LogP contribution in [0.2, 0.25) is 0 Å². The first kappa shape index (κ1) is 21.6. The summed E-state index contributed by atoms with van der Waals surface area (Å²) in [7, 11) is 0. The molecule has 1 aliphatic carbocycles. The fourth-order valence-electron chi connectivity index (χ4n) is 5.02. The van der Waals surface area contributed by atoms with Crippen LogP contribution >= 0.6 is 0 Å². The third-order valence-electron chi connectivity index (χ3n) is 7.18. The standard InChI is InChI=1S/C30H29N3O2/c1-3-19-16-25(19)20-6-4-7-21(14-20)29(34)27-17-32-30(33-27)22-8-5-9-23(15-22)35-28-11-10-26-24(18(28)2)12-13-31-26/h3-15,17,19,25,29-34H,1,16H2,2H3. The van der Waals surface area contributed by atoms with Gasteiger partial charge in [0.2, 0.25) is 0 Å². The predicted octanol–water partition coefficient (Wildman–Crippen LogP) is 6.32. The molecule has 0 spiro atoms. The average molecular weight is 464 g/mol. The van der Waals surface area contributed by atoms with E-state index < -0.39 is 6.10 Å². The summed E-state index contributed by atoms with van der Waals surface area (Å²) in [5.74, 6) is 2.69. The summed E-state index contributed by atoms with van der Waals surface area (Å²) in [5, 5.41) is 19.0. The van der Waals surface area contributed by atoms with E-state index in [1.165, 1.54) is 5.56 Å². The smallest absolute Gasteiger partial charge is 0.131 e. The Bertz CT molecular complexity index is 1440. The van der Waals surface area contributed by atoms with E-state index in [0.29, 0.717) is 11.8 Å². The van der Waals surface area contributed by atoms with Crippen LogP contribution in [0, 0.1) is 12.8 Å². The molecule has 1 saturated carbocycles. The van der Waals surface area contributed by atoms with Gasteiger partial charge in [-0.2, -0.15) is 0 Å². The van der Waals surface area contributed by atoms with E-state index >= 15 is 0 Å². The fraction of sp³-hybridized carbons (Fsp3) is 0.200. The normalized spacial score (nSPS) is 21.7. The lowest BCUT2D eigenvalue weighted by Crippen LogP contribution is -2.24. The lowest BCUT2D eigenvalue weighted by atomic mass is 10.0. The molecule has 1 fully saturated rings. The number of benzene rings is 3. The number of aliphatic hydroxyl groups is 1. The Morgan fingerprint density at radius 2 is 1.91 bits per heavy atom. The minimum Gasteiger partial charge on any atom is -0.457 e. The Hall–Kier alpha value is -3.96. The topological polar surface area (TPSA) is 69.3 Å². The highest BCUT2D eigenvalue weighted by molar-refractivity contribution is 5.85. The summed E-state index contributed by atoms with van der Waals surface area (Å²) in [5.41, 5.74) is 6.15. The van der Waals surface area contributed by atoms with Gasteiger partial charge in [-0.1, -0.05) is 42.5 Å². The van der Waals surface area contributed by atoms with Gasteiger partial charge in [-0.25, -0.2) is 0 Å². The van der Waals surface area contributed by atoms with Crippen molar-refractivity contribution in [3.05, 3.63) is 120 Å². The molecule has 176 valence electrons. The molecule has 4 N–H and O–H groups in total. The highest BCUT2D eigenvalue weighted by atomic mass is 16.5. The van der Waals surface area contributed by atoms with Gasteiger partial charge in [-0.3, -0.25) is 0 Å². The van der Waals surface area contributed by atoms with Gasteiger partial charge in [0.05, 0.1) is 5.70 Å². The minimum absolute atomic E-state index is 0.145. The van der Waals surface area contributed by atoms with Crippen molar-refractivity contribution < 1.29 is 9.84 Å². The molecular formula is C30H29N3O2. The van der Waals surface area contributed by atoms with E-state index in [0.717, 1.165) is 51.2 Å². The summed E-state index contributed by atoms with van der Waals surface area (Å²) in [6.07, 6.45) is 6.12. The van der Waals surface area contributed by atoms with Gasteiger partial charge in [0, 0.05) is 28.9 Å². The molecule has 2 aliphatic rings. The van der Waals surface area contributed by atoms with Crippen LogP contribution in [0.1, 0.15) is 46.9 Å². The van der Waals surface area contributed by atoms with Crippen molar-refractivity contribution in [1.82, 2.24) is 15.6 Å². The number of aryl methyl sites for hydroxylation is 1. The molecule has 35 heavy (non-hydrogen) atoms. The summed E-state index contributed by atoms with van der Waals surface area (Å²) >= 11 is 0. The van der Waals surface area contributed by atoms with Crippen molar-refractivity contribution >= 4 is 10.9 Å². The van der Waals surface area contributed by atoms with Gasteiger partial charge in [0.15, 0.2) is 0 Å². The molecule has 5 heteroatoms. The van der Waals surface area contributed by atoms with Crippen LogP contribution in [0.3, 0.4) is 0 Å². The molecule has 0 saturated heterocycles. The van der Waals surface area contributed by atoms with Crippen molar-refractivity contribution in [3.8, 4) is 11.5 Å². The first-order chi connectivity index (χ1) is 17.1. The third-order valence-corrected chi connectivity index (χ3v) is 7.18. The van der Waals surface area contributed by atoms with Crippen molar-refractivity contribution in [2.24, 2.45) is 5.92 Å². The molecule has 3 aromatic carbocycles. The quantitative estimate of drug-likeness (QED) is 0.242. The zero-order valence-electron chi connectivity index (χ0n) is 19.7. The molecule has 6 rings (SSSR count). The Morgan fingerprint density at radius 1 is 1.06 bits per heavy atom. The molecule has 1 aromatic heterocycles. The number of hydrogen-bond acceptors (Lipinski definition) is 4. The van der Waals surface area contributed by atoms with Gasteiger partial charge < -0.3 is 25.5 Å². The van der Waals surface area contributed by atoms with Crippen LogP contribution in [0.5, 0.6) is 11.5 Å². The first-order valence-electron chi connectivity index (χ1n) is 12.1. The molecule has 0 bridgehead atoms. The lowest BCUT2D eigenvalue weighted by Gasteiger charge is -2.19. The molecule has 1 aliphatic heterocycles. The minimum atomic E-state index is -0.719. The molecule has 2 heterocycles. The van der Waals surface area contributed by atoms with E-state index in [2.05, 4.69) is 47.3 Å². The van der Waals surface area contributed by atoms with E-state index in [-0.39, 0.29) is 6.17 Å². The van der Waals surface area contributed by atoms with Gasteiger partial charge in [-0.05, 0) is 72.2 Å². The van der Waals surface area contributed by atoms with Gasteiger partial charge >= 0.3 is 0 Å². The van der Waals surface area contributed by atoms with E-state index in [1.807, 2.05) is 67.0 Å². The number of fused-ring (bicyclic) bond motifs is 1. The number of aromatic nitrogens is 1. The molecule has 0 radical (unpaired) electrons. The van der Waals surface area contributed by atoms with Crippen LogP contribution in [-0.2, 0) is 0 Å². The zero-order chi connectivity index (χ0) is 23.9. The largest absolute Gasteiger partial charge is 0.457 e. The SMILES string of the molecule is C=CC1CC1c1cccc(C(O)C2=CNC(c3cccc(Oc4ccc5[nH]ccc5c4C)c3)N2)c1. The van der Waals surface area contributed by atoms with E-state index in [9.17, 15) is 5.11 Å². The van der Waals surface area contributed by atoms with Crippen LogP contribution in [-0.4, -0.2) is 10.1 Å². The van der Waals surface area contributed by atoms with Crippen molar-refractivity contribution in [1.29, 1.82) is 0 Å². The second-order valence-corrected chi connectivity index (χ2v) is 9.46. The summed E-state index contributed by atoms with van der Waals surface area (Å²) in [6, 6.07) is 22.4. The Morgan fingerprint density at radius 3 is 2.77 bits per heavy atom. The van der Waals surface area contributed by atoms with Crippen LogP contribution in [0.25, 0.3) is 10.9 Å². The van der Waals surface area contributed by atoms with Crippen molar-refractivity contribution in [2.45, 2.75) is 31.5 Å². The average Bonchev–Trinajstić information content (AvgIpc) is 3.26. The van der Waals surface area contributed by atoms with Crippen molar-refractivity contribution in [3.63, 3.8) is 0 Å². The number of rotatable bonds is 7. The second kappa shape index (κ2) is 8.67. The molecule has 0 amide bonds. The molecular weight excluding hydrogens is 434 g/mol. The third kappa shape index (κ3) is 4.08. The Kier molecular flexibility index (Phi) is 5.34. The van der Waals surface area contributed by atoms with Crippen LogP contribution < -0.4 is 15.4 Å². The second-order valence-electron chi connectivity index (χ2n) is 9.46. The maximum Gasteiger partial charge on any atom is 0.131 e. The number of hydrogen-bond donors (Lipinski definition) is 4. The fourth-order valence-corrected chi connectivity index (χ4v) is 5.02. The van der Waals surface area contributed by atoms with Crippen LogP contribution in [0.15, 0.2) is 97.5 Å². The first-order valence-corrected chi connectivity index (χ1v) is 12.1. The molecule has 4 atom stereocenters. The lowest BCUT2D eigenvalue weighted by molar-refractivity contribution is 0.206. The van der Waals surface area contributed by atoms with Gasteiger partial charge in [-0.15, -0.1) is 6.58 Å². The number of ether oxygens (including phenoxy) is 1. The number of aliphatic hydroxyl groups excluding tert-OH is 1. The van der Waals surface area contributed by atoms with Gasteiger partial charge in [0.25, 0.3) is 0 Å². The highest BCUT2D eigenvalue weighted by Crippen LogP contribution is 2.48. The highest BCUT2D eigenvalue weighted by Gasteiger charge is 2.36. The Balaban J connectivity index is 1.15. The van der Waals surface area contributed by atoms with Gasteiger partial charge in [0.1, 0.15) is 23.8 Å². The molecule has 4 aromatic rings. The molecule has 4 unspecified atom stereocenters.